The molecule has 82 valence electrons. The Balaban J connectivity index is 3.40. The van der Waals surface area contributed by atoms with Gasteiger partial charge in [0, 0.05) is 0 Å². The fraction of sp³-hybridized carbons (Fsp3) is 0.364. The van der Waals surface area contributed by atoms with E-state index in [1.54, 1.807) is 6.07 Å². The second kappa shape index (κ2) is 4.68. The first kappa shape index (κ1) is 11.4. The van der Waals surface area contributed by atoms with Gasteiger partial charge in [-0.1, -0.05) is 13.0 Å². The van der Waals surface area contributed by atoms with E-state index in [4.69, 9.17) is 14.6 Å². The van der Waals surface area contributed by atoms with Gasteiger partial charge < -0.3 is 14.6 Å². The molecule has 0 aliphatic carbocycles. The first-order chi connectivity index (χ1) is 7.15. The van der Waals surface area contributed by atoms with Gasteiger partial charge in [-0.05, 0) is 18.1 Å². The van der Waals surface area contributed by atoms with E-state index >= 15 is 0 Å². The maximum atomic E-state index is 10.9. The van der Waals surface area contributed by atoms with Gasteiger partial charge in [-0.25, -0.2) is 4.79 Å². The first-order valence-corrected chi connectivity index (χ1v) is 4.62. The second-order valence-corrected chi connectivity index (χ2v) is 3.00. The summed E-state index contributed by atoms with van der Waals surface area (Å²) in [5.41, 5.74) is 1.05. The monoisotopic (exact) mass is 210 g/mol. The molecule has 1 aromatic rings. The molecule has 1 aromatic carbocycles. The lowest BCUT2D eigenvalue weighted by Gasteiger charge is -2.13. The molecule has 0 atom stereocenters. The average Bonchev–Trinajstić information content (AvgIpc) is 2.26. The lowest BCUT2D eigenvalue weighted by molar-refractivity contribution is 0.0692. The van der Waals surface area contributed by atoms with Crippen molar-refractivity contribution in [2.24, 2.45) is 0 Å². The first-order valence-electron chi connectivity index (χ1n) is 4.62. The normalized spacial score (nSPS) is 9.80. The van der Waals surface area contributed by atoms with Crippen LogP contribution in [0.2, 0.25) is 0 Å². The standard InChI is InChI=1S/C11H14O4/c1-4-7-5-6-8(11(12)13)10(15-3)9(7)14-2/h5-6H,4H2,1-3H3,(H,12,13). The second-order valence-electron chi connectivity index (χ2n) is 3.00. The predicted molar refractivity (Wildman–Crippen MR) is 55.9 cm³/mol. The minimum Gasteiger partial charge on any atom is -0.493 e. The lowest BCUT2D eigenvalue weighted by Crippen LogP contribution is -2.04. The van der Waals surface area contributed by atoms with Gasteiger partial charge in [0.15, 0.2) is 11.5 Å². The fourth-order valence-electron chi connectivity index (χ4n) is 1.48. The largest absolute Gasteiger partial charge is 0.493 e. The number of rotatable bonds is 4. The summed E-state index contributed by atoms with van der Waals surface area (Å²) in [5, 5.41) is 8.94. The molecule has 0 saturated carbocycles. The maximum Gasteiger partial charge on any atom is 0.339 e. The number of methoxy groups -OCH3 is 2. The summed E-state index contributed by atoms with van der Waals surface area (Å²) in [6.07, 6.45) is 0.763. The number of hydrogen-bond acceptors (Lipinski definition) is 3. The number of hydrogen-bond donors (Lipinski definition) is 1. The van der Waals surface area contributed by atoms with E-state index in [9.17, 15) is 4.79 Å². The summed E-state index contributed by atoms with van der Waals surface area (Å²) >= 11 is 0. The van der Waals surface area contributed by atoms with E-state index in [1.165, 1.54) is 20.3 Å². The van der Waals surface area contributed by atoms with Crippen LogP contribution in [0.3, 0.4) is 0 Å². The van der Waals surface area contributed by atoms with Crippen molar-refractivity contribution in [3.63, 3.8) is 0 Å². The predicted octanol–water partition coefficient (Wildman–Crippen LogP) is 1.96. The van der Waals surface area contributed by atoms with Crippen LogP contribution in [0.25, 0.3) is 0 Å². The molecule has 0 spiro atoms. The van der Waals surface area contributed by atoms with Crippen molar-refractivity contribution >= 4 is 5.97 Å². The van der Waals surface area contributed by atoms with Crippen LogP contribution in [0.5, 0.6) is 11.5 Å². The van der Waals surface area contributed by atoms with E-state index in [2.05, 4.69) is 0 Å². The lowest BCUT2D eigenvalue weighted by atomic mass is 10.1. The molecule has 1 N–H and O–H groups in total. The zero-order valence-electron chi connectivity index (χ0n) is 9.03. The molecule has 0 aliphatic heterocycles. The summed E-state index contributed by atoms with van der Waals surface area (Å²) in [7, 11) is 2.94. The van der Waals surface area contributed by atoms with Crippen molar-refractivity contribution in [2.45, 2.75) is 13.3 Å². The molecule has 4 heteroatoms. The average molecular weight is 210 g/mol. The zero-order valence-corrected chi connectivity index (χ0v) is 9.03. The number of benzene rings is 1. The Morgan fingerprint density at radius 1 is 1.27 bits per heavy atom. The van der Waals surface area contributed by atoms with Crippen molar-refractivity contribution in [1.29, 1.82) is 0 Å². The van der Waals surface area contributed by atoms with Gasteiger partial charge in [0.05, 0.1) is 14.2 Å². The van der Waals surface area contributed by atoms with Crippen LogP contribution in [0.4, 0.5) is 0 Å². The van der Waals surface area contributed by atoms with Gasteiger partial charge in [0.25, 0.3) is 0 Å². The molecule has 0 amide bonds. The Kier molecular flexibility index (Phi) is 3.55. The molecular weight excluding hydrogens is 196 g/mol. The summed E-state index contributed by atoms with van der Waals surface area (Å²) in [5.74, 6) is -0.239. The topological polar surface area (TPSA) is 55.8 Å². The van der Waals surface area contributed by atoms with E-state index in [1.807, 2.05) is 6.92 Å². The smallest absolute Gasteiger partial charge is 0.339 e. The van der Waals surface area contributed by atoms with Crippen LogP contribution in [-0.2, 0) is 6.42 Å². The Morgan fingerprint density at radius 2 is 1.87 bits per heavy atom. The van der Waals surface area contributed by atoms with E-state index in [0.717, 1.165) is 12.0 Å². The Labute approximate surface area is 88.4 Å². The zero-order chi connectivity index (χ0) is 11.4. The summed E-state index contributed by atoms with van der Waals surface area (Å²) in [6.45, 7) is 1.97. The highest BCUT2D eigenvalue weighted by Crippen LogP contribution is 2.34. The molecule has 1 rings (SSSR count). The Bertz CT molecular complexity index is 371. The SMILES string of the molecule is CCc1ccc(C(=O)O)c(OC)c1OC. The fourth-order valence-corrected chi connectivity index (χ4v) is 1.48. The number of carbonyl (C=O) groups is 1. The van der Waals surface area contributed by atoms with E-state index < -0.39 is 5.97 Å². The molecule has 0 aromatic heterocycles. The third-order valence-electron chi connectivity index (χ3n) is 2.21. The van der Waals surface area contributed by atoms with Crippen molar-refractivity contribution in [2.75, 3.05) is 14.2 Å². The van der Waals surface area contributed by atoms with Crippen molar-refractivity contribution in [3.8, 4) is 11.5 Å². The molecule has 0 aliphatic rings. The van der Waals surface area contributed by atoms with Crippen LogP contribution in [0, 0.1) is 0 Å². The third-order valence-corrected chi connectivity index (χ3v) is 2.21. The highest BCUT2D eigenvalue weighted by Gasteiger charge is 2.18. The molecule has 15 heavy (non-hydrogen) atoms. The van der Waals surface area contributed by atoms with Crippen LogP contribution in [-0.4, -0.2) is 25.3 Å². The molecule has 0 radical (unpaired) electrons. The summed E-state index contributed by atoms with van der Waals surface area (Å²) < 4.78 is 10.2. The van der Waals surface area contributed by atoms with Gasteiger partial charge in [-0.15, -0.1) is 0 Å². The van der Waals surface area contributed by atoms with Gasteiger partial charge in [-0.3, -0.25) is 0 Å². The number of aryl methyl sites for hydroxylation is 1. The van der Waals surface area contributed by atoms with E-state index in [-0.39, 0.29) is 11.3 Å². The molecule has 0 heterocycles. The maximum absolute atomic E-state index is 10.9. The van der Waals surface area contributed by atoms with Crippen LogP contribution < -0.4 is 9.47 Å². The molecule has 0 saturated heterocycles. The minimum atomic E-state index is -1.02. The molecular formula is C11H14O4. The molecule has 4 nitrogen and oxygen atoms in total. The van der Waals surface area contributed by atoms with Crippen molar-refractivity contribution in [1.82, 2.24) is 0 Å². The van der Waals surface area contributed by atoms with Gasteiger partial charge in [-0.2, -0.15) is 0 Å². The van der Waals surface area contributed by atoms with Crippen LogP contribution >= 0.6 is 0 Å². The highest BCUT2D eigenvalue weighted by atomic mass is 16.5. The van der Waals surface area contributed by atoms with Crippen molar-refractivity contribution in [3.05, 3.63) is 23.3 Å². The van der Waals surface area contributed by atoms with Gasteiger partial charge in [0.2, 0.25) is 0 Å². The quantitative estimate of drug-likeness (QED) is 0.825. The Hall–Kier alpha value is -1.71. The van der Waals surface area contributed by atoms with Crippen LogP contribution in [0.1, 0.15) is 22.8 Å². The van der Waals surface area contributed by atoms with Crippen molar-refractivity contribution < 1.29 is 19.4 Å². The summed E-state index contributed by atoms with van der Waals surface area (Å²) in [6, 6.07) is 3.27. The van der Waals surface area contributed by atoms with Crippen LogP contribution in [0.15, 0.2) is 12.1 Å². The highest BCUT2D eigenvalue weighted by molar-refractivity contribution is 5.92. The minimum absolute atomic E-state index is 0.117. The summed E-state index contributed by atoms with van der Waals surface area (Å²) in [4.78, 5) is 10.9. The van der Waals surface area contributed by atoms with Gasteiger partial charge in [0.1, 0.15) is 5.56 Å². The van der Waals surface area contributed by atoms with E-state index in [0.29, 0.717) is 5.75 Å². The number of ether oxygens (including phenoxy) is 2. The Morgan fingerprint density at radius 3 is 2.27 bits per heavy atom. The molecule has 0 unspecified atom stereocenters. The molecule has 0 fully saturated rings. The van der Waals surface area contributed by atoms with Gasteiger partial charge >= 0.3 is 5.97 Å². The third kappa shape index (κ3) is 2.03. The number of aromatic carboxylic acids is 1. The molecule has 0 bridgehead atoms. The number of carboxylic acids is 1. The number of carboxylic acid groups (broad SMARTS) is 1.